The van der Waals surface area contributed by atoms with Gasteiger partial charge in [0.1, 0.15) is 11.4 Å². The number of nitrogens with two attached hydrogens (primary N) is 1. The third kappa shape index (κ3) is 3.40. The predicted molar refractivity (Wildman–Crippen MR) is 75.0 cm³/mol. The summed E-state index contributed by atoms with van der Waals surface area (Å²) in [7, 11) is 0. The minimum Gasteiger partial charge on any atom is -0.397 e. The average molecular weight is 300 g/mol. The van der Waals surface area contributed by atoms with Gasteiger partial charge >= 0.3 is 6.18 Å². The van der Waals surface area contributed by atoms with E-state index in [1.807, 2.05) is 0 Å². The molecule has 1 aliphatic carbocycles. The predicted octanol–water partition coefficient (Wildman–Crippen LogP) is 2.21. The normalized spacial score (nSPS) is 20.8. The zero-order valence-corrected chi connectivity index (χ0v) is 11.7. The van der Waals surface area contributed by atoms with Crippen LogP contribution in [0.2, 0.25) is 0 Å². The number of hydrogen-bond acceptors (Lipinski definition) is 4. The number of pyridine rings is 1. The van der Waals surface area contributed by atoms with Crippen LogP contribution in [-0.2, 0) is 6.18 Å². The molecular weight excluding hydrogens is 281 g/mol. The van der Waals surface area contributed by atoms with Crippen LogP contribution in [0.1, 0.15) is 18.4 Å². The lowest BCUT2D eigenvalue weighted by Gasteiger charge is -2.36. The van der Waals surface area contributed by atoms with Crippen molar-refractivity contribution in [3.8, 4) is 0 Å². The molecule has 4 nitrogen and oxygen atoms in total. The third-order valence-corrected chi connectivity index (χ3v) is 4.08. The Labute approximate surface area is 121 Å². The lowest BCUT2D eigenvalue weighted by molar-refractivity contribution is -0.137. The Morgan fingerprint density at radius 3 is 2.43 bits per heavy atom. The van der Waals surface area contributed by atoms with Crippen molar-refractivity contribution in [2.75, 3.05) is 43.4 Å². The van der Waals surface area contributed by atoms with Crippen LogP contribution in [-0.4, -0.2) is 42.6 Å². The van der Waals surface area contributed by atoms with Gasteiger partial charge in [-0.1, -0.05) is 0 Å². The Morgan fingerprint density at radius 2 is 1.86 bits per heavy atom. The molecule has 7 heteroatoms. The highest BCUT2D eigenvalue weighted by Crippen LogP contribution is 2.37. The fourth-order valence-corrected chi connectivity index (χ4v) is 2.74. The molecule has 0 radical (unpaired) electrons. The molecule has 0 aromatic carbocycles. The van der Waals surface area contributed by atoms with Crippen LogP contribution in [0.5, 0.6) is 0 Å². The van der Waals surface area contributed by atoms with Gasteiger partial charge in [0.2, 0.25) is 0 Å². The van der Waals surface area contributed by atoms with Crippen LogP contribution in [0, 0.1) is 5.92 Å². The molecule has 1 saturated carbocycles. The minimum absolute atomic E-state index is 0.00257. The van der Waals surface area contributed by atoms with Crippen molar-refractivity contribution < 1.29 is 13.2 Å². The van der Waals surface area contributed by atoms with Gasteiger partial charge in [-0.25, -0.2) is 4.98 Å². The summed E-state index contributed by atoms with van der Waals surface area (Å²) in [5, 5.41) is 0. The minimum atomic E-state index is -4.43. The molecule has 1 aromatic heterocycles. The maximum absolute atomic E-state index is 13.1. The van der Waals surface area contributed by atoms with Gasteiger partial charge in [-0.2, -0.15) is 13.2 Å². The van der Waals surface area contributed by atoms with E-state index in [0.29, 0.717) is 13.1 Å². The Kier molecular flexibility index (Phi) is 3.69. The van der Waals surface area contributed by atoms with Gasteiger partial charge in [-0.05, 0) is 24.8 Å². The zero-order valence-electron chi connectivity index (χ0n) is 11.7. The molecule has 2 aliphatic rings. The molecule has 2 heterocycles. The SMILES string of the molecule is Nc1cnc(N2CCN(CC3CC3)CC2)c(C(F)(F)F)c1. The first-order valence-corrected chi connectivity index (χ1v) is 7.23. The van der Waals surface area contributed by atoms with E-state index in [1.165, 1.54) is 19.0 Å². The molecule has 1 aliphatic heterocycles. The second-order valence-electron chi connectivity index (χ2n) is 5.87. The number of aromatic nitrogens is 1. The van der Waals surface area contributed by atoms with Gasteiger partial charge in [-0.3, -0.25) is 4.90 Å². The number of halogens is 3. The van der Waals surface area contributed by atoms with E-state index in [-0.39, 0.29) is 11.5 Å². The summed E-state index contributed by atoms with van der Waals surface area (Å²) in [5.41, 5.74) is 4.75. The maximum Gasteiger partial charge on any atom is 0.420 e. The monoisotopic (exact) mass is 300 g/mol. The molecule has 1 saturated heterocycles. The number of nitrogens with zero attached hydrogens (tertiary/aromatic N) is 3. The van der Waals surface area contributed by atoms with Crippen LogP contribution in [0.25, 0.3) is 0 Å². The van der Waals surface area contributed by atoms with E-state index < -0.39 is 11.7 Å². The second-order valence-corrected chi connectivity index (χ2v) is 5.87. The Morgan fingerprint density at radius 1 is 1.19 bits per heavy atom. The molecule has 3 rings (SSSR count). The van der Waals surface area contributed by atoms with E-state index >= 15 is 0 Å². The van der Waals surface area contributed by atoms with Crippen LogP contribution in [0.3, 0.4) is 0 Å². The number of rotatable bonds is 3. The molecule has 2 fully saturated rings. The second kappa shape index (κ2) is 5.36. The van der Waals surface area contributed by atoms with E-state index in [9.17, 15) is 13.2 Å². The molecule has 0 atom stereocenters. The van der Waals surface area contributed by atoms with Crippen LogP contribution in [0.15, 0.2) is 12.3 Å². The highest BCUT2D eigenvalue weighted by molar-refractivity contribution is 5.55. The molecule has 0 spiro atoms. The average Bonchev–Trinajstić information content (AvgIpc) is 3.23. The van der Waals surface area contributed by atoms with Gasteiger partial charge in [0.25, 0.3) is 0 Å². The number of nitrogen functional groups attached to an aromatic ring is 1. The summed E-state index contributed by atoms with van der Waals surface area (Å²) in [6, 6.07) is 0.971. The first-order chi connectivity index (χ1) is 9.93. The maximum atomic E-state index is 13.1. The first kappa shape index (κ1) is 14.4. The molecule has 116 valence electrons. The van der Waals surface area contributed by atoms with E-state index in [2.05, 4.69) is 9.88 Å². The van der Waals surface area contributed by atoms with E-state index in [0.717, 1.165) is 31.6 Å². The largest absolute Gasteiger partial charge is 0.420 e. The van der Waals surface area contributed by atoms with Crippen molar-refractivity contribution in [3.05, 3.63) is 17.8 Å². The lowest BCUT2D eigenvalue weighted by Crippen LogP contribution is -2.47. The van der Waals surface area contributed by atoms with Gasteiger partial charge in [-0.15, -0.1) is 0 Å². The molecule has 0 unspecified atom stereocenters. The van der Waals surface area contributed by atoms with Gasteiger partial charge in [0, 0.05) is 32.7 Å². The van der Waals surface area contributed by atoms with E-state index in [1.54, 1.807) is 4.90 Å². The van der Waals surface area contributed by atoms with Crippen molar-refractivity contribution in [3.63, 3.8) is 0 Å². The Bertz CT molecular complexity index is 505. The number of alkyl halides is 3. The van der Waals surface area contributed by atoms with Crippen LogP contribution < -0.4 is 10.6 Å². The standard InChI is InChI=1S/C14H19F3N4/c15-14(16,17)12-7-11(18)8-19-13(12)21-5-3-20(4-6-21)9-10-1-2-10/h7-8,10H,1-6,9,18H2. The van der Waals surface area contributed by atoms with Crippen molar-refractivity contribution >= 4 is 11.5 Å². The molecule has 0 amide bonds. The summed E-state index contributed by atoms with van der Waals surface area (Å²) in [6.45, 7) is 3.81. The third-order valence-electron chi connectivity index (χ3n) is 4.08. The highest BCUT2D eigenvalue weighted by Gasteiger charge is 2.37. The van der Waals surface area contributed by atoms with Gasteiger partial charge < -0.3 is 10.6 Å². The summed E-state index contributed by atoms with van der Waals surface area (Å²) in [5.74, 6) is 0.805. The summed E-state index contributed by atoms with van der Waals surface area (Å²) in [4.78, 5) is 7.98. The van der Waals surface area contributed by atoms with Crippen molar-refractivity contribution in [1.29, 1.82) is 0 Å². The fourth-order valence-electron chi connectivity index (χ4n) is 2.74. The molecular formula is C14H19F3N4. The Balaban J connectivity index is 1.72. The summed E-state index contributed by atoms with van der Waals surface area (Å²) < 4.78 is 39.3. The molecule has 0 bridgehead atoms. The highest BCUT2D eigenvalue weighted by atomic mass is 19.4. The van der Waals surface area contributed by atoms with Crippen molar-refractivity contribution in [1.82, 2.24) is 9.88 Å². The molecule has 2 N–H and O–H groups in total. The zero-order chi connectivity index (χ0) is 15.0. The van der Waals surface area contributed by atoms with Crippen LogP contribution in [0.4, 0.5) is 24.7 Å². The summed E-state index contributed by atoms with van der Waals surface area (Å²) in [6.07, 6.45) is -0.556. The number of piperazine rings is 1. The number of anilines is 2. The topological polar surface area (TPSA) is 45.4 Å². The Hall–Kier alpha value is -1.50. The van der Waals surface area contributed by atoms with Crippen molar-refractivity contribution in [2.45, 2.75) is 19.0 Å². The first-order valence-electron chi connectivity index (χ1n) is 7.23. The van der Waals surface area contributed by atoms with Gasteiger partial charge in [0.15, 0.2) is 0 Å². The van der Waals surface area contributed by atoms with E-state index in [4.69, 9.17) is 5.73 Å². The van der Waals surface area contributed by atoms with Gasteiger partial charge in [0.05, 0.1) is 11.9 Å². The summed E-state index contributed by atoms with van der Waals surface area (Å²) >= 11 is 0. The quantitative estimate of drug-likeness (QED) is 0.929. The fraction of sp³-hybridized carbons (Fsp3) is 0.643. The smallest absolute Gasteiger partial charge is 0.397 e. The molecule has 21 heavy (non-hydrogen) atoms. The number of hydrogen-bond donors (Lipinski definition) is 1. The van der Waals surface area contributed by atoms with Crippen molar-refractivity contribution in [2.24, 2.45) is 5.92 Å². The lowest BCUT2D eigenvalue weighted by atomic mass is 10.2. The van der Waals surface area contributed by atoms with Crippen LogP contribution >= 0.6 is 0 Å². The molecule has 1 aromatic rings.